The van der Waals surface area contributed by atoms with Gasteiger partial charge in [0.1, 0.15) is 11.9 Å². The predicted octanol–water partition coefficient (Wildman–Crippen LogP) is 0.402. The molecule has 1 aliphatic carbocycles. The lowest BCUT2D eigenvalue weighted by molar-refractivity contribution is -0.136. The van der Waals surface area contributed by atoms with Crippen LogP contribution >= 0.6 is 0 Å². The van der Waals surface area contributed by atoms with E-state index in [0.717, 1.165) is 25.0 Å². The summed E-state index contributed by atoms with van der Waals surface area (Å²) in [6, 6.07) is 4.28. The Morgan fingerprint density at radius 2 is 1.67 bits per heavy atom. The number of nitrogens with zero attached hydrogens (tertiary/aromatic N) is 3. The Labute approximate surface area is 176 Å². The number of hydrogen-bond donors (Lipinski definition) is 1. The van der Waals surface area contributed by atoms with Gasteiger partial charge in [0.05, 0.1) is 11.4 Å². The van der Waals surface area contributed by atoms with E-state index < -0.39 is 21.9 Å². The van der Waals surface area contributed by atoms with Crippen molar-refractivity contribution < 1.29 is 22.4 Å². The molecule has 1 aromatic rings. The average Bonchev–Trinajstić information content (AvgIpc) is 3.38. The number of amides is 2. The Morgan fingerprint density at radius 1 is 1.00 bits per heavy atom. The summed E-state index contributed by atoms with van der Waals surface area (Å²) in [5.41, 5.74) is 0. The van der Waals surface area contributed by atoms with Crippen LogP contribution < -0.4 is 5.32 Å². The fourth-order valence-corrected chi connectivity index (χ4v) is 5.71. The molecule has 2 amide bonds. The number of carbonyl (C=O) groups is 2. The number of rotatable bonds is 6. The molecule has 1 atom stereocenters. The summed E-state index contributed by atoms with van der Waals surface area (Å²) in [6.45, 7) is 2.71. The van der Waals surface area contributed by atoms with Crippen LogP contribution in [0.15, 0.2) is 29.2 Å². The fourth-order valence-electron chi connectivity index (χ4n) is 4.06. The average molecular weight is 439 g/mol. The number of halogens is 1. The minimum Gasteiger partial charge on any atom is -0.352 e. The minimum atomic E-state index is -3.86. The lowest BCUT2D eigenvalue weighted by Gasteiger charge is -2.36. The summed E-state index contributed by atoms with van der Waals surface area (Å²) in [7, 11) is -3.86. The van der Waals surface area contributed by atoms with E-state index in [1.807, 2.05) is 4.90 Å². The van der Waals surface area contributed by atoms with Gasteiger partial charge in [0.15, 0.2) is 0 Å². The standard InChI is InChI=1S/C20H27FN4O4S/c21-15-3-7-17(8-4-15)30(28,29)25-9-1-2-18(25)20(27)24-12-10-23(11-13-24)14-19(26)22-16-5-6-16/h3-4,7-8,16,18H,1-2,5-6,9-14H2,(H,22,26)/t18-/m1/s1. The minimum absolute atomic E-state index is 0.00454. The van der Waals surface area contributed by atoms with Gasteiger partial charge >= 0.3 is 0 Å². The number of nitrogens with one attached hydrogen (secondary N) is 1. The second kappa shape index (κ2) is 8.60. The molecule has 10 heteroatoms. The normalized spacial score (nSPS) is 23.5. The Bertz CT molecular complexity index is 896. The van der Waals surface area contributed by atoms with Crippen molar-refractivity contribution in [3.05, 3.63) is 30.1 Å². The molecule has 0 radical (unpaired) electrons. The third kappa shape index (κ3) is 4.65. The van der Waals surface area contributed by atoms with Crippen LogP contribution in [0.25, 0.3) is 0 Å². The molecule has 0 aromatic heterocycles. The monoisotopic (exact) mass is 438 g/mol. The van der Waals surface area contributed by atoms with Gasteiger partial charge in [0.2, 0.25) is 21.8 Å². The summed E-state index contributed by atoms with van der Waals surface area (Å²) < 4.78 is 40.4. The second-order valence-electron chi connectivity index (χ2n) is 8.17. The van der Waals surface area contributed by atoms with E-state index in [4.69, 9.17) is 0 Å². The van der Waals surface area contributed by atoms with Gasteiger partial charge in [-0.25, -0.2) is 12.8 Å². The first kappa shape index (κ1) is 21.2. The quantitative estimate of drug-likeness (QED) is 0.695. The van der Waals surface area contributed by atoms with E-state index >= 15 is 0 Å². The van der Waals surface area contributed by atoms with Gasteiger partial charge in [-0.1, -0.05) is 0 Å². The maximum Gasteiger partial charge on any atom is 0.243 e. The van der Waals surface area contributed by atoms with E-state index in [1.165, 1.54) is 16.4 Å². The molecule has 1 N–H and O–H groups in total. The molecular weight excluding hydrogens is 411 g/mol. The van der Waals surface area contributed by atoms with Crippen molar-refractivity contribution in [1.29, 1.82) is 0 Å². The third-order valence-electron chi connectivity index (χ3n) is 5.90. The molecule has 4 rings (SSSR count). The van der Waals surface area contributed by atoms with E-state index in [2.05, 4.69) is 5.32 Å². The number of sulfonamides is 1. The molecule has 0 unspecified atom stereocenters. The topological polar surface area (TPSA) is 90.0 Å². The summed E-state index contributed by atoms with van der Waals surface area (Å²) in [5, 5.41) is 2.96. The zero-order chi connectivity index (χ0) is 21.3. The molecule has 3 aliphatic rings. The van der Waals surface area contributed by atoms with Crippen molar-refractivity contribution in [2.24, 2.45) is 0 Å². The van der Waals surface area contributed by atoms with Crippen molar-refractivity contribution >= 4 is 21.8 Å². The number of benzene rings is 1. The fraction of sp³-hybridized carbons (Fsp3) is 0.600. The van der Waals surface area contributed by atoms with E-state index in [-0.39, 0.29) is 23.3 Å². The number of carbonyl (C=O) groups excluding carboxylic acids is 2. The van der Waals surface area contributed by atoms with Crippen LogP contribution in [-0.4, -0.2) is 85.7 Å². The molecule has 2 aliphatic heterocycles. The highest BCUT2D eigenvalue weighted by atomic mass is 32.2. The lowest BCUT2D eigenvalue weighted by Crippen LogP contribution is -2.55. The summed E-state index contributed by atoms with van der Waals surface area (Å²) in [5.74, 6) is -0.684. The van der Waals surface area contributed by atoms with Crippen molar-refractivity contribution in [2.75, 3.05) is 39.3 Å². The van der Waals surface area contributed by atoms with Crippen LogP contribution in [0.1, 0.15) is 25.7 Å². The summed E-state index contributed by atoms with van der Waals surface area (Å²) in [6.07, 6.45) is 3.18. The first-order chi connectivity index (χ1) is 14.3. The van der Waals surface area contributed by atoms with Gasteiger partial charge in [0, 0.05) is 38.8 Å². The summed E-state index contributed by atoms with van der Waals surface area (Å²) in [4.78, 5) is 28.8. The van der Waals surface area contributed by atoms with E-state index in [9.17, 15) is 22.4 Å². The van der Waals surface area contributed by atoms with Crippen LogP contribution in [0.5, 0.6) is 0 Å². The maximum atomic E-state index is 13.2. The molecule has 3 fully saturated rings. The van der Waals surface area contributed by atoms with Crippen LogP contribution in [0.2, 0.25) is 0 Å². The number of piperazine rings is 1. The zero-order valence-corrected chi connectivity index (χ0v) is 17.6. The van der Waals surface area contributed by atoms with Crippen LogP contribution in [0.3, 0.4) is 0 Å². The SMILES string of the molecule is O=C(CN1CCN(C(=O)[C@H]2CCCN2S(=O)(=O)c2ccc(F)cc2)CC1)NC1CC1. The highest BCUT2D eigenvalue weighted by Crippen LogP contribution is 2.28. The van der Waals surface area contributed by atoms with Crippen molar-refractivity contribution in [3.8, 4) is 0 Å². The van der Waals surface area contributed by atoms with Crippen LogP contribution in [0, 0.1) is 5.82 Å². The van der Waals surface area contributed by atoms with Crippen LogP contribution in [-0.2, 0) is 19.6 Å². The smallest absolute Gasteiger partial charge is 0.243 e. The van der Waals surface area contributed by atoms with Gasteiger partial charge in [-0.3, -0.25) is 14.5 Å². The highest BCUT2D eigenvalue weighted by Gasteiger charge is 2.41. The first-order valence-electron chi connectivity index (χ1n) is 10.4. The van der Waals surface area contributed by atoms with Gasteiger partial charge in [-0.05, 0) is 49.9 Å². The Morgan fingerprint density at radius 3 is 2.30 bits per heavy atom. The number of hydrogen-bond acceptors (Lipinski definition) is 5. The molecule has 2 heterocycles. The molecule has 8 nitrogen and oxygen atoms in total. The maximum absolute atomic E-state index is 13.2. The Hall–Kier alpha value is -2.04. The highest BCUT2D eigenvalue weighted by molar-refractivity contribution is 7.89. The van der Waals surface area contributed by atoms with E-state index in [0.29, 0.717) is 51.6 Å². The molecule has 0 bridgehead atoms. The van der Waals surface area contributed by atoms with Crippen molar-refractivity contribution in [1.82, 2.24) is 19.4 Å². The molecule has 2 saturated heterocycles. The predicted molar refractivity (Wildman–Crippen MR) is 107 cm³/mol. The Balaban J connectivity index is 1.35. The third-order valence-corrected chi connectivity index (χ3v) is 7.83. The molecular formula is C20H27FN4O4S. The van der Waals surface area contributed by atoms with E-state index in [1.54, 1.807) is 4.90 Å². The van der Waals surface area contributed by atoms with Crippen molar-refractivity contribution in [2.45, 2.75) is 42.7 Å². The first-order valence-corrected chi connectivity index (χ1v) is 11.9. The zero-order valence-electron chi connectivity index (χ0n) is 16.8. The molecule has 1 aromatic carbocycles. The molecule has 30 heavy (non-hydrogen) atoms. The van der Waals surface area contributed by atoms with Crippen LogP contribution in [0.4, 0.5) is 4.39 Å². The molecule has 1 saturated carbocycles. The Kier molecular flexibility index (Phi) is 6.08. The lowest BCUT2D eigenvalue weighted by atomic mass is 10.2. The van der Waals surface area contributed by atoms with Gasteiger partial charge in [-0.2, -0.15) is 4.31 Å². The molecule has 0 spiro atoms. The summed E-state index contributed by atoms with van der Waals surface area (Å²) >= 11 is 0. The van der Waals surface area contributed by atoms with Gasteiger partial charge in [-0.15, -0.1) is 0 Å². The largest absolute Gasteiger partial charge is 0.352 e. The van der Waals surface area contributed by atoms with Crippen molar-refractivity contribution in [3.63, 3.8) is 0 Å². The molecule has 164 valence electrons. The van der Waals surface area contributed by atoms with Gasteiger partial charge in [0.25, 0.3) is 0 Å². The van der Waals surface area contributed by atoms with Gasteiger partial charge < -0.3 is 10.2 Å². The second-order valence-corrected chi connectivity index (χ2v) is 10.1.